The van der Waals surface area contributed by atoms with Crippen molar-refractivity contribution in [2.24, 2.45) is 0 Å². The van der Waals surface area contributed by atoms with Gasteiger partial charge in [-0.1, -0.05) is 5.16 Å². The van der Waals surface area contributed by atoms with Gasteiger partial charge >= 0.3 is 12.1 Å². The van der Waals surface area contributed by atoms with Gasteiger partial charge < -0.3 is 14.5 Å². The van der Waals surface area contributed by atoms with Crippen LogP contribution < -0.4 is 0 Å². The van der Waals surface area contributed by atoms with E-state index in [2.05, 4.69) is 20.2 Å². The highest BCUT2D eigenvalue weighted by molar-refractivity contribution is 5.92. The summed E-state index contributed by atoms with van der Waals surface area (Å²) in [5, 5.41) is 15.6. The number of pyridine rings is 2. The third-order valence-electron chi connectivity index (χ3n) is 5.29. The maximum atomic E-state index is 12.6. The Morgan fingerprint density at radius 1 is 1.14 bits per heavy atom. The summed E-state index contributed by atoms with van der Waals surface area (Å²) in [4.78, 5) is 32.0. The summed E-state index contributed by atoms with van der Waals surface area (Å²) in [6.07, 6.45) is 1.26. The van der Waals surface area contributed by atoms with Crippen LogP contribution in [0.4, 0.5) is 13.2 Å². The predicted molar refractivity (Wildman–Crippen MR) is 114 cm³/mol. The number of aromatic nitrogens is 5. The summed E-state index contributed by atoms with van der Waals surface area (Å²) in [6.45, 7) is 3.02. The lowest BCUT2D eigenvalue weighted by atomic mass is 10.1. The molecule has 1 unspecified atom stereocenters. The van der Waals surface area contributed by atoms with Gasteiger partial charge in [0.05, 0.1) is 0 Å². The number of nitrogens with zero attached hydrogens (tertiary/aromatic N) is 6. The van der Waals surface area contributed by atoms with Crippen LogP contribution in [0.25, 0.3) is 16.8 Å². The fourth-order valence-corrected chi connectivity index (χ4v) is 3.57. The van der Waals surface area contributed by atoms with E-state index in [1.165, 1.54) is 0 Å². The average molecular weight is 488 g/mol. The Morgan fingerprint density at radius 2 is 1.86 bits per heavy atom. The summed E-state index contributed by atoms with van der Waals surface area (Å²) >= 11 is 0. The van der Waals surface area contributed by atoms with Gasteiger partial charge in [-0.3, -0.25) is 9.78 Å². The molecule has 0 aliphatic carbocycles. The number of carbonyl (C=O) groups excluding carboxylic acids is 1. The van der Waals surface area contributed by atoms with E-state index in [9.17, 15) is 18.0 Å². The number of likely N-dealkylation sites (tertiary alicyclic amines) is 1. The van der Waals surface area contributed by atoms with Crippen LogP contribution in [0.5, 0.6) is 0 Å². The number of aliphatic carboxylic acids is 1. The molecule has 0 saturated carbocycles. The molecule has 1 N–H and O–H groups in total. The van der Waals surface area contributed by atoms with Crippen LogP contribution in [0.1, 0.15) is 34.4 Å². The number of rotatable bonds is 3. The number of amides is 1. The summed E-state index contributed by atoms with van der Waals surface area (Å²) in [5.41, 5.74) is 3.28. The largest absolute Gasteiger partial charge is 0.490 e. The van der Waals surface area contributed by atoms with Gasteiger partial charge in [-0.15, -0.1) is 0 Å². The van der Waals surface area contributed by atoms with Gasteiger partial charge in [0.1, 0.15) is 5.76 Å². The van der Waals surface area contributed by atoms with Crippen LogP contribution >= 0.6 is 0 Å². The Hall–Kier alpha value is -4.29. The molecule has 0 radical (unpaired) electrons. The van der Waals surface area contributed by atoms with Crippen molar-refractivity contribution in [3.05, 3.63) is 66.2 Å². The monoisotopic (exact) mass is 488 g/mol. The molecule has 5 rings (SSSR count). The van der Waals surface area contributed by atoms with Crippen LogP contribution in [-0.4, -0.2) is 65.9 Å². The molecule has 1 amide bonds. The third kappa shape index (κ3) is 5.45. The van der Waals surface area contributed by atoms with Crippen molar-refractivity contribution in [2.45, 2.75) is 25.4 Å². The van der Waals surface area contributed by atoms with E-state index in [-0.39, 0.29) is 11.8 Å². The first-order valence-electron chi connectivity index (χ1n) is 10.4. The maximum absolute atomic E-state index is 12.6. The summed E-state index contributed by atoms with van der Waals surface area (Å²) in [7, 11) is 0. The lowest BCUT2D eigenvalue weighted by Gasteiger charge is -2.13. The Bertz CT molecular complexity index is 1350. The fraction of sp³-hybridized carbons (Fsp3) is 0.273. The molecule has 0 aromatic carbocycles. The van der Waals surface area contributed by atoms with Crippen molar-refractivity contribution < 1.29 is 32.4 Å². The number of hydrogen-bond acceptors (Lipinski definition) is 7. The molecule has 5 heterocycles. The molecular weight excluding hydrogens is 469 g/mol. The molecule has 4 aromatic heterocycles. The topological polar surface area (TPSA) is 127 Å². The standard InChI is InChI=1S/C20H18N6O2.C2HF3O2/c1-13-10-17(24-28-13)20(27)25-9-6-16(11-25)19-22-18-3-2-15(12-26(18)23-19)14-4-7-21-8-5-14;3-2(4,5)1(6)7/h2-5,7-8,10,12,16H,6,9,11H2,1H3;(H,6,7). The molecule has 4 aromatic rings. The molecule has 1 aliphatic heterocycles. The van der Waals surface area contributed by atoms with Gasteiger partial charge in [0, 0.05) is 49.2 Å². The van der Waals surface area contributed by atoms with E-state index in [0.717, 1.165) is 29.0 Å². The highest BCUT2D eigenvalue weighted by Gasteiger charge is 2.38. The van der Waals surface area contributed by atoms with Crippen molar-refractivity contribution in [1.29, 1.82) is 0 Å². The van der Waals surface area contributed by atoms with Crippen LogP contribution in [0.15, 0.2) is 53.4 Å². The number of carboxylic acid groups (broad SMARTS) is 1. The quantitative estimate of drug-likeness (QED) is 0.465. The Balaban J connectivity index is 0.000000364. The van der Waals surface area contributed by atoms with Gasteiger partial charge in [-0.2, -0.15) is 18.3 Å². The first-order chi connectivity index (χ1) is 16.6. The number of halogens is 3. The van der Waals surface area contributed by atoms with Gasteiger partial charge in [-0.25, -0.2) is 14.3 Å². The molecule has 0 bridgehead atoms. The lowest BCUT2D eigenvalue weighted by Crippen LogP contribution is -2.28. The number of alkyl halides is 3. The molecule has 35 heavy (non-hydrogen) atoms. The average Bonchev–Trinajstić information content (AvgIpc) is 3.57. The molecule has 182 valence electrons. The highest BCUT2D eigenvalue weighted by atomic mass is 19.4. The first-order valence-corrected chi connectivity index (χ1v) is 10.4. The Kier molecular flexibility index (Phi) is 6.49. The van der Waals surface area contributed by atoms with E-state index in [1.807, 2.05) is 30.5 Å². The minimum absolute atomic E-state index is 0.108. The van der Waals surface area contributed by atoms with Crippen molar-refractivity contribution in [3.63, 3.8) is 0 Å². The molecule has 1 atom stereocenters. The zero-order chi connectivity index (χ0) is 25.2. The number of hydrogen-bond donors (Lipinski definition) is 1. The van der Waals surface area contributed by atoms with Crippen molar-refractivity contribution in [2.75, 3.05) is 13.1 Å². The number of aryl methyl sites for hydroxylation is 1. The van der Waals surface area contributed by atoms with Crippen LogP contribution in [0.3, 0.4) is 0 Å². The Labute approximate surface area is 196 Å². The molecule has 0 spiro atoms. The molecule has 1 saturated heterocycles. The van der Waals surface area contributed by atoms with Gasteiger partial charge in [0.15, 0.2) is 17.2 Å². The first kappa shape index (κ1) is 23.9. The normalized spacial score (nSPS) is 15.7. The molecule has 13 heteroatoms. The van der Waals surface area contributed by atoms with Crippen molar-refractivity contribution in [1.82, 2.24) is 29.6 Å². The van der Waals surface area contributed by atoms with Gasteiger partial charge in [-0.05, 0) is 43.2 Å². The van der Waals surface area contributed by atoms with E-state index in [1.54, 1.807) is 34.8 Å². The van der Waals surface area contributed by atoms with E-state index < -0.39 is 12.1 Å². The summed E-state index contributed by atoms with van der Waals surface area (Å²) in [6, 6.07) is 9.58. The zero-order valence-electron chi connectivity index (χ0n) is 18.3. The predicted octanol–water partition coefficient (Wildman–Crippen LogP) is 3.35. The van der Waals surface area contributed by atoms with Crippen molar-refractivity contribution in [3.8, 4) is 11.1 Å². The third-order valence-corrected chi connectivity index (χ3v) is 5.29. The van der Waals surface area contributed by atoms with E-state index in [4.69, 9.17) is 14.4 Å². The van der Waals surface area contributed by atoms with E-state index >= 15 is 0 Å². The second-order valence-corrected chi connectivity index (χ2v) is 7.79. The maximum Gasteiger partial charge on any atom is 0.490 e. The molecular formula is C22H19F3N6O4. The number of carbonyl (C=O) groups is 2. The van der Waals surface area contributed by atoms with E-state index in [0.29, 0.717) is 24.5 Å². The summed E-state index contributed by atoms with van der Waals surface area (Å²) in [5.74, 6) is -1.36. The summed E-state index contributed by atoms with van der Waals surface area (Å²) < 4.78 is 38.6. The highest BCUT2D eigenvalue weighted by Crippen LogP contribution is 2.27. The minimum atomic E-state index is -5.08. The van der Waals surface area contributed by atoms with Crippen molar-refractivity contribution >= 4 is 17.5 Å². The fourth-order valence-electron chi connectivity index (χ4n) is 3.57. The second-order valence-electron chi connectivity index (χ2n) is 7.79. The van der Waals surface area contributed by atoms with Gasteiger partial charge in [0.25, 0.3) is 5.91 Å². The molecule has 1 fully saturated rings. The SMILES string of the molecule is Cc1cc(C(=O)N2CCC(c3nc4ccc(-c5ccncc5)cn4n3)C2)no1.O=C(O)C(F)(F)F. The zero-order valence-corrected chi connectivity index (χ0v) is 18.3. The lowest BCUT2D eigenvalue weighted by molar-refractivity contribution is -0.192. The van der Waals surface area contributed by atoms with Crippen LogP contribution in [0, 0.1) is 6.92 Å². The van der Waals surface area contributed by atoms with Crippen LogP contribution in [-0.2, 0) is 4.79 Å². The Morgan fingerprint density at radius 3 is 2.49 bits per heavy atom. The second kappa shape index (κ2) is 9.52. The molecule has 1 aliphatic rings. The van der Waals surface area contributed by atoms with Crippen LogP contribution in [0.2, 0.25) is 0 Å². The smallest absolute Gasteiger partial charge is 0.475 e. The molecule has 10 nitrogen and oxygen atoms in total. The number of carboxylic acids is 1. The number of fused-ring (bicyclic) bond motifs is 1. The minimum Gasteiger partial charge on any atom is -0.475 e. The van der Waals surface area contributed by atoms with Gasteiger partial charge in [0.2, 0.25) is 0 Å².